The number of ether oxygens (including phenoxy) is 1. The molecule has 1 amide bonds. The van der Waals surface area contributed by atoms with Crippen molar-refractivity contribution in [3.8, 4) is 5.75 Å². The van der Waals surface area contributed by atoms with Crippen molar-refractivity contribution < 1.29 is 14.6 Å². The minimum atomic E-state index is -0.172. The molecule has 0 spiro atoms. The maximum Gasteiger partial charge on any atom is 0.264 e. The number of amides is 1. The number of hydrogen-bond donors (Lipinski definition) is 2. The molecule has 5 nitrogen and oxygen atoms in total. The van der Waals surface area contributed by atoms with Crippen molar-refractivity contribution in [2.45, 2.75) is 6.61 Å². The van der Waals surface area contributed by atoms with E-state index in [2.05, 4.69) is 0 Å². The molecule has 110 valence electrons. The van der Waals surface area contributed by atoms with Crippen LogP contribution in [0.25, 0.3) is 0 Å². The monoisotopic (exact) mass is 286 g/mol. The number of nitrogen functional groups attached to an aromatic ring is 1. The molecule has 5 heteroatoms. The molecule has 0 aromatic heterocycles. The van der Waals surface area contributed by atoms with Crippen LogP contribution in [0.2, 0.25) is 0 Å². The SMILES string of the molecule is CN(C(=O)COc1cccc(CO)c1)c1ccc(N)cc1. The Morgan fingerprint density at radius 1 is 1.24 bits per heavy atom. The summed E-state index contributed by atoms with van der Waals surface area (Å²) < 4.78 is 5.45. The van der Waals surface area contributed by atoms with Crippen LogP contribution >= 0.6 is 0 Å². The highest BCUT2D eigenvalue weighted by atomic mass is 16.5. The van der Waals surface area contributed by atoms with E-state index < -0.39 is 0 Å². The Hall–Kier alpha value is -2.53. The number of aliphatic hydroxyl groups excluding tert-OH is 1. The van der Waals surface area contributed by atoms with Crippen LogP contribution in [0, 0.1) is 0 Å². The maximum absolute atomic E-state index is 12.1. The van der Waals surface area contributed by atoms with Crippen molar-refractivity contribution in [3.63, 3.8) is 0 Å². The van der Waals surface area contributed by atoms with E-state index in [0.717, 1.165) is 11.3 Å². The molecule has 0 saturated heterocycles. The van der Waals surface area contributed by atoms with Gasteiger partial charge in [-0.25, -0.2) is 0 Å². The number of carbonyl (C=O) groups excluding carboxylic acids is 1. The van der Waals surface area contributed by atoms with Crippen molar-refractivity contribution in [2.75, 3.05) is 24.3 Å². The van der Waals surface area contributed by atoms with Crippen LogP contribution in [0.1, 0.15) is 5.56 Å². The van der Waals surface area contributed by atoms with Gasteiger partial charge in [0, 0.05) is 18.4 Å². The largest absolute Gasteiger partial charge is 0.484 e. The molecule has 2 aromatic rings. The minimum absolute atomic E-state index is 0.0590. The van der Waals surface area contributed by atoms with Crippen LogP contribution in [0.4, 0.5) is 11.4 Å². The van der Waals surface area contributed by atoms with Crippen molar-refractivity contribution in [2.24, 2.45) is 0 Å². The predicted molar refractivity (Wildman–Crippen MR) is 82.1 cm³/mol. The van der Waals surface area contributed by atoms with Crippen molar-refractivity contribution in [1.82, 2.24) is 0 Å². The highest BCUT2D eigenvalue weighted by Gasteiger charge is 2.11. The standard InChI is InChI=1S/C16H18N2O3/c1-18(14-7-5-13(17)6-8-14)16(20)11-21-15-4-2-3-12(9-15)10-19/h2-9,19H,10-11,17H2,1H3. The van der Waals surface area contributed by atoms with Gasteiger partial charge in [0.05, 0.1) is 6.61 Å². The second-order valence-electron chi connectivity index (χ2n) is 4.64. The number of nitrogens with two attached hydrogens (primary N) is 1. The number of benzene rings is 2. The zero-order valence-corrected chi connectivity index (χ0v) is 11.8. The fourth-order valence-electron chi connectivity index (χ4n) is 1.82. The third-order valence-electron chi connectivity index (χ3n) is 3.10. The summed E-state index contributed by atoms with van der Waals surface area (Å²) in [6, 6.07) is 14.0. The summed E-state index contributed by atoms with van der Waals surface area (Å²) in [6.07, 6.45) is 0. The third-order valence-corrected chi connectivity index (χ3v) is 3.10. The van der Waals surface area contributed by atoms with E-state index in [-0.39, 0.29) is 19.1 Å². The van der Waals surface area contributed by atoms with E-state index in [1.807, 2.05) is 0 Å². The molecule has 0 aliphatic heterocycles. The first-order valence-electron chi connectivity index (χ1n) is 6.55. The molecule has 0 saturated carbocycles. The number of rotatable bonds is 5. The lowest BCUT2D eigenvalue weighted by Gasteiger charge is -2.18. The van der Waals surface area contributed by atoms with E-state index >= 15 is 0 Å². The lowest BCUT2D eigenvalue weighted by atomic mass is 10.2. The van der Waals surface area contributed by atoms with Gasteiger partial charge >= 0.3 is 0 Å². The van der Waals surface area contributed by atoms with Gasteiger partial charge in [-0.15, -0.1) is 0 Å². The average Bonchev–Trinajstić information content (AvgIpc) is 2.53. The summed E-state index contributed by atoms with van der Waals surface area (Å²) >= 11 is 0. The predicted octanol–water partition coefficient (Wildman–Crippen LogP) is 1.80. The number of likely N-dealkylation sites (N-methyl/N-ethyl adjacent to an activating group) is 1. The second-order valence-corrected chi connectivity index (χ2v) is 4.64. The summed E-state index contributed by atoms with van der Waals surface area (Å²) in [5, 5.41) is 9.06. The van der Waals surface area contributed by atoms with Crippen molar-refractivity contribution in [1.29, 1.82) is 0 Å². The molecule has 3 N–H and O–H groups in total. The first-order chi connectivity index (χ1) is 10.1. The lowest BCUT2D eigenvalue weighted by molar-refractivity contribution is -0.120. The van der Waals surface area contributed by atoms with Crippen molar-refractivity contribution >= 4 is 17.3 Å². The quantitative estimate of drug-likeness (QED) is 0.822. The van der Waals surface area contributed by atoms with E-state index in [1.54, 1.807) is 55.6 Å². The Bertz CT molecular complexity index is 611. The molecular weight excluding hydrogens is 268 g/mol. The number of hydrogen-bond acceptors (Lipinski definition) is 4. The summed E-state index contributed by atoms with van der Waals surface area (Å²) in [4.78, 5) is 13.6. The van der Waals surface area contributed by atoms with Gasteiger partial charge in [-0.3, -0.25) is 4.79 Å². The number of aliphatic hydroxyl groups is 1. The van der Waals surface area contributed by atoms with Crippen LogP contribution in [0.3, 0.4) is 0 Å². The Morgan fingerprint density at radius 2 is 1.95 bits per heavy atom. The first-order valence-corrected chi connectivity index (χ1v) is 6.55. The summed E-state index contributed by atoms with van der Waals surface area (Å²) in [5.41, 5.74) is 7.76. The van der Waals surface area contributed by atoms with Gasteiger partial charge < -0.3 is 20.5 Å². The Morgan fingerprint density at radius 3 is 2.62 bits per heavy atom. The molecule has 21 heavy (non-hydrogen) atoms. The van der Waals surface area contributed by atoms with Gasteiger partial charge in [0.1, 0.15) is 5.75 Å². The van der Waals surface area contributed by atoms with Crippen LogP contribution in [-0.4, -0.2) is 24.7 Å². The van der Waals surface area contributed by atoms with Crippen LogP contribution in [0.15, 0.2) is 48.5 Å². The number of anilines is 2. The zero-order valence-electron chi connectivity index (χ0n) is 11.8. The van der Waals surface area contributed by atoms with E-state index in [9.17, 15) is 4.79 Å². The van der Waals surface area contributed by atoms with Gasteiger partial charge in [-0.05, 0) is 42.0 Å². The van der Waals surface area contributed by atoms with Crippen molar-refractivity contribution in [3.05, 3.63) is 54.1 Å². The van der Waals surface area contributed by atoms with Crippen LogP contribution in [-0.2, 0) is 11.4 Å². The third kappa shape index (κ3) is 3.97. The van der Waals surface area contributed by atoms with Gasteiger partial charge in [-0.2, -0.15) is 0 Å². The molecule has 2 rings (SSSR count). The number of carbonyl (C=O) groups is 1. The minimum Gasteiger partial charge on any atom is -0.484 e. The first kappa shape index (κ1) is 14.9. The Labute approximate surface area is 123 Å². The fraction of sp³-hybridized carbons (Fsp3) is 0.188. The van der Waals surface area contributed by atoms with Gasteiger partial charge in [-0.1, -0.05) is 12.1 Å². The van der Waals surface area contributed by atoms with E-state index in [0.29, 0.717) is 11.4 Å². The molecule has 0 unspecified atom stereocenters. The van der Waals surface area contributed by atoms with Crippen LogP contribution in [0.5, 0.6) is 5.75 Å². The fourth-order valence-corrected chi connectivity index (χ4v) is 1.82. The molecule has 0 radical (unpaired) electrons. The average molecular weight is 286 g/mol. The molecule has 0 aliphatic rings. The molecule has 0 bridgehead atoms. The summed E-state index contributed by atoms with van der Waals surface area (Å²) in [7, 11) is 1.68. The topological polar surface area (TPSA) is 75.8 Å². The highest BCUT2D eigenvalue weighted by Crippen LogP contribution is 2.16. The summed E-state index contributed by atoms with van der Waals surface area (Å²) in [6.45, 7) is -0.133. The van der Waals surface area contributed by atoms with Gasteiger partial charge in [0.2, 0.25) is 0 Å². The lowest BCUT2D eigenvalue weighted by Crippen LogP contribution is -2.31. The maximum atomic E-state index is 12.1. The number of nitrogens with zero attached hydrogens (tertiary/aromatic N) is 1. The molecular formula is C16H18N2O3. The smallest absolute Gasteiger partial charge is 0.264 e. The molecule has 0 fully saturated rings. The van der Waals surface area contributed by atoms with E-state index in [1.165, 1.54) is 4.90 Å². The molecule has 0 aliphatic carbocycles. The highest BCUT2D eigenvalue weighted by molar-refractivity contribution is 5.94. The van der Waals surface area contributed by atoms with Gasteiger partial charge in [0.25, 0.3) is 5.91 Å². The molecule has 0 atom stereocenters. The van der Waals surface area contributed by atoms with Crippen LogP contribution < -0.4 is 15.4 Å². The Kier molecular flexibility index (Phi) is 4.79. The Balaban J connectivity index is 1.96. The van der Waals surface area contributed by atoms with E-state index in [4.69, 9.17) is 15.6 Å². The normalized spacial score (nSPS) is 10.2. The second kappa shape index (κ2) is 6.76. The summed E-state index contributed by atoms with van der Waals surface area (Å²) in [5.74, 6) is 0.384. The zero-order chi connectivity index (χ0) is 15.2. The molecule has 2 aromatic carbocycles. The van der Waals surface area contributed by atoms with Gasteiger partial charge in [0.15, 0.2) is 6.61 Å². The molecule has 0 heterocycles.